The maximum Gasteiger partial charge on any atom is 0.0313 e. The Hall–Kier alpha value is -0.780. The van der Waals surface area contributed by atoms with Crippen molar-refractivity contribution in [1.29, 1.82) is 0 Å². The third-order valence-electron chi connectivity index (χ3n) is 1.17. The van der Waals surface area contributed by atoms with Gasteiger partial charge in [-0.15, -0.1) is 0 Å². The Balaban J connectivity index is 3.02. The van der Waals surface area contributed by atoms with Crippen LogP contribution in [-0.4, -0.2) is 0 Å². The zero-order valence-electron chi connectivity index (χ0n) is 10.3. The Morgan fingerprint density at radius 3 is 2.56 bits per heavy atom. The Kier molecular flexibility index (Phi) is 0.729. The fourth-order valence-corrected chi connectivity index (χ4v) is 0.637. The normalized spacial score (nSPS) is 20.8. The summed E-state index contributed by atoms with van der Waals surface area (Å²) in [5, 5.41) is 0. The molecule has 0 atom stereocenters. The molecule has 48 valence electrons. The van der Waals surface area contributed by atoms with Gasteiger partial charge in [-0.3, -0.25) is 0 Å². The average molecular weight is 125 g/mol. The summed E-state index contributed by atoms with van der Waals surface area (Å²) in [6.45, 7) is -0.670. The van der Waals surface area contributed by atoms with Gasteiger partial charge in [0.1, 0.15) is 0 Å². The minimum absolute atomic E-state index is 0.241. The lowest BCUT2D eigenvalue weighted by Gasteiger charge is -1.94. The zero-order chi connectivity index (χ0) is 11.0. The smallest absolute Gasteiger partial charge is 0.0313 e. The summed E-state index contributed by atoms with van der Waals surface area (Å²) < 4.78 is 36.3. The van der Waals surface area contributed by atoms with E-state index in [1.807, 2.05) is 0 Å². The Morgan fingerprint density at radius 1 is 1.44 bits per heavy atom. The molecule has 0 nitrogen and oxygen atoms in total. The third-order valence-corrected chi connectivity index (χ3v) is 1.17. The molecule has 0 aliphatic carbocycles. The Bertz CT molecular complexity index is 270. The largest absolute Gasteiger partial charge is 0.0613 e. The van der Waals surface area contributed by atoms with Crippen molar-refractivity contribution in [3.8, 4) is 0 Å². The van der Waals surface area contributed by atoms with E-state index >= 15 is 0 Å². The van der Waals surface area contributed by atoms with Crippen LogP contribution in [0.1, 0.15) is 24.9 Å². The van der Waals surface area contributed by atoms with Gasteiger partial charge in [-0.25, -0.2) is 0 Å². The molecule has 0 radical (unpaired) electrons. The van der Waals surface area contributed by atoms with E-state index in [1.54, 1.807) is 0 Å². The number of hydrogen-bond acceptors (Lipinski definition) is 0. The van der Waals surface area contributed by atoms with Crippen molar-refractivity contribution < 1.29 is 6.85 Å². The lowest BCUT2D eigenvalue weighted by molar-refractivity contribution is 1.14. The fourth-order valence-electron chi connectivity index (χ4n) is 0.637. The van der Waals surface area contributed by atoms with Crippen molar-refractivity contribution in [2.24, 2.45) is 0 Å². The second-order valence-corrected chi connectivity index (χ2v) is 1.83. The summed E-state index contributed by atoms with van der Waals surface area (Å²) in [5.41, 5.74) is 0.732. The second kappa shape index (κ2) is 2.67. The maximum atomic E-state index is 7.43. The van der Waals surface area contributed by atoms with Crippen molar-refractivity contribution in [2.75, 3.05) is 0 Å². The summed E-state index contributed by atoms with van der Waals surface area (Å²) in [6.07, 6.45) is -1.42. The molecule has 0 saturated carbocycles. The zero-order valence-corrected chi connectivity index (χ0v) is 5.31. The average Bonchev–Trinajstić information content (AvgIpc) is 2.01. The predicted octanol–water partition coefficient (Wildman–Crippen LogP) is 2.56. The van der Waals surface area contributed by atoms with E-state index in [0.717, 1.165) is 0 Å². The van der Waals surface area contributed by atoms with Crippen LogP contribution in [0.3, 0.4) is 0 Å². The second-order valence-electron chi connectivity index (χ2n) is 1.83. The van der Waals surface area contributed by atoms with Gasteiger partial charge < -0.3 is 0 Å². The van der Waals surface area contributed by atoms with Crippen LogP contribution in [0.15, 0.2) is 24.3 Å². The molecule has 0 N–H and O–H groups in total. The van der Waals surface area contributed by atoms with E-state index in [0.29, 0.717) is 5.56 Å². The molecule has 9 heavy (non-hydrogen) atoms. The molecule has 0 amide bonds. The van der Waals surface area contributed by atoms with Gasteiger partial charge in [-0.2, -0.15) is 0 Å². The van der Waals surface area contributed by atoms with Crippen LogP contribution in [0.25, 0.3) is 0 Å². The van der Waals surface area contributed by atoms with Crippen molar-refractivity contribution in [3.05, 3.63) is 35.4 Å². The van der Waals surface area contributed by atoms with E-state index in [1.165, 1.54) is 31.2 Å². The molecule has 0 heteroatoms. The topological polar surface area (TPSA) is 0 Å². The summed E-state index contributed by atoms with van der Waals surface area (Å²) in [6, 6.07) is 5.93. The van der Waals surface area contributed by atoms with E-state index < -0.39 is 13.2 Å². The van der Waals surface area contributed by atoms with Gasteiger partial charge in [-0.1, -0.05) is 36.8 Å². The van der Waals surface area contributed by atoms with Crippen molar-refractivity contribution in [2.45, 2.75) is 20.1 Å². The predicted molar refractivity (Wildman–Crippen MR) is 40.6 cm³/mol. The quantitative estimate of drug-likeness (QED) is 0.541. The van der Waals surface area contributed by atoms with Gasteiger partial charge in [0, 0.05) is 6.85 Å². The first kappa shape index (κ1) is 2.45. The van der Waals surface area contributed by atoms with Crippen LogP contribution in [0.5, 0.6) is 0 Å². The molecular weight excluding hydrogens is 108 g/mol. The number of rotatable bonds is 1. The van der Waals surface area contributed by atoms with E-state index in [2.05, 4.69) is 0 Å². The highest BCUT2D eigenvalue weighted by atomic mass is 13.9. The molecule has 0 fully saturated rings. The highest BCUT2D eigenvalue weighted by Crippen LogP contribution is 2.02. The summed E-state index contributed by atoms with van der Waals surface area (Å²) >= 11 is 0. The van der Waals surface area contributed by atoms with Crippen LogP contribution < -0.4 is 0 Å². The van der Waals surface area contributed by atoms with Gasteiger partial charge in [0.05, 0.1) is 0 Å². The van der Waals surface area contributed by atoms with Crippen molar-refractivity contribution in [3.63, 3.8) is 0 Å². The first-order valence-electron chi connectivity index (χ1n) is 5.32. The van der Waals surface area contributed by atoms with Gasteiger partial charge >= 0.3 is 0 Å². The van der Waals surface area contributed by atoms with Crippen molar-refractivity contribution >= 4 is 0 Å². The molecule has 0 spiro atoms. The number of benzene rings is 1. The van der Waals surface area contributed by atoms with E-state index in [4.69, 9.17) is 6.85 Å². The standard InChI is InChI=1S/C9H12/c1-3-9-6-4-8(2)5-7-9/h4-7H,3H2,1-2H3/i2D3,3D2. The highest BCUT2D eigenvalue weighted by molar-refractivity contribution is 5.20. The molecule has 0 saturated heterocycles. The molecular formula is C9H12. The summed E-state index contributed by atoms with van der Waals surface area (Å²) in [4.78, 5) is 0. The van der Waals surface area contributed by atoms with Gasteiger partial charge in [0.15, 0.2) is 0 Å². The first-order chi connectivity index (χ1) is 6.21. The highest BCUT2D eigenvalue weighted by Gasteiger charge is 1.84. The number of hydrogen-bond donors (Lipinski definition) is 0. The van der Waals surface area contributed by atoms with Crippen LogP contribution in [-0.2, 0) is 6.37 Å². The molecule has 1 aromatic rings. The Labute approximate surface area is 63.6 Å². The number of aryl methyl sites for hydroxylation is 2. The lowest BCUT2D eigenvalue weighted by Crippen LogP contribution is -1.77. The monoisotopic (exact) mass is 125 g/mol. The van der Waals surface area contributed by atoms with Gasteiger partial charge in [0.2, 0.25) is 0 Å². The van der Waals surface area contributed by atoms with Gasteiger partial charge in [0.25, 0.3) is 0 Å². The molecule has 0 heterocycles. The summed E-state index contributed by atoms with van der Waals surface area (Å²) in [7, 11) is 0. The SMILES string of the molecule is [2H]C([2H])([2H])c1ccc(C([2H])([2H])C)cc1. The van der Waals surface area contributed by atoms with Crippen LogP contribution in [0, 0.1) is 6.85 Å². The van der Waals surface area contributed by atoms with E-state index in [9.17, 15) is 0 Å². The molecule has 0 aliphatic heterocycles. The molecule has 0 unspecified atom stereocenters. The summed E-state index contributed by atoms with van der Waals surface area (Å²) in [5.74, 6) is 0. The minimum atomic E-state index is -2.11. The molecule has 0 bridgehead atoms. The van der Waals surface area contributed by atoms with E-state index in [-0.39, 0.29) is 5.56 Å². The Morgan fingerprint density at radius 2 is 2.11 bits per heavy atom. The lowest BCUT2D eigenvalue weighted by atomic mass is 10.1. The molecule has 0 aliphatic rings. The van der Waals surface area contributed by atoms with Gasteiger partial charge in [-0.05, 0) is 18.8 Å². The van der Waals surface area contributed by atoms with Crippen molar-refractivity contribution in [1.82, 2.24) is 0 Å². The molecule has 1 aromatic carbocycles. The molecule has 0 aromatic heterocycles. The van der Waals surface area contributed by atoms with Crippen LogP contribution in [0.4, 0.5) is 0 Å². The molecule has 1 rings (SSSR count). The first-order valence-corrected chi connectivity index (χ1v) is 2.82. The van der Waals surface area contributed by atoms with Crippen LogP contribution >= 0.6 is 0 Å². The fraction of sp³-hybridized carbons (Fsp3) is 0.333. The maximum absolute atomic E-state index is 7.43. The van der Waals surface area contributed by atoms with Crippen LogP contribution in [0.2, 0.25) is 0 Å². The minimum Gasteiger partial charge on any atom is -0.0613 e. The third kappa shape index (κ3) is 1.56.